The van der Waals surface area contributed by atoms with Gasteiger partial charge in [0.15, 0.2) is 0 Å². The lowest BCUT2D eigenvalue weighted by atomic mass is 10.0. The molecule has 0 amide bonds. The van der Waals surface area contributed by atoms with Crippen molar-refractivity contribution in [1.82, 2.24) is 0 Å². The van der Waals surface area contributed by atoms with Gasteiger partial charge in [0.1, 0.15) is 5.82 Å². The quantitative estimate of drug-likeness (QED) is 0.775. The van der Waals surface area contributed by atoms with Crippen LogP contribution in [0, 0.1) is 5.82 Å². The molecule has 0 aliphatic heterocycles. The van der Waals surface area contributed by atoms with Gasteiger partial charge in [-0.15, -0.1) is 11.8 Å². The lowest BCUT2D eigenvalue weighted by Gasteiger charge is -2.20. The number of hydrogen-bond donors (Lipinski definition) is 1. The van der Waals surface area contributed by atoms with E-state index in [1.165, 1.54) is 22.6 Å². The smallest absolute Gasteiger partial charge is 0.123 e. The van der Waals surface area contributed by atoms with Crippen LogP contribution in [0.15, 0.2) is 53.4 Å². The van der Waals surface area contributed by atoms with Crippen molar-refractivity contribution in [3.8, 4) is 0 Å². The number of halogens is 1. The highest BCUT2D eigenvalue weighted by atomic mass is 32.2. The maximum absolute atomic E-state index is 13.0. The molecule has 2 atom stereocenters. The van der Waals surface area contributed by atoms with E-state index in [1.807, 2.05) is 0 Å². The molecule has 21 heavy (non-hydrogen) atoms. The van der Waals surface area contributed by atoms with Gasteiger partial charge in [0, 0.05) is 16.2 Å². The third kappa shape index (κ3) is 4.32. The normalized spacial score (nSPS) is 14.2. The predicted molar refractivity (Wildman–Crippen MR) is 89.2 cm³/mol. The molecule has 2 aromatic carbocycles. The molecular weight excluding hydrogens is 281 g/mol. The molecule has 2 unspecified atom stereocenters. The molecule has 3 heteroatoms. The Bertz CT molecular complexity index is 563. The van der Waals surface area contributed by atoms with E-state index in [0.29, 0.717) is 5.92 Å². The molecule has 0 saturated carbocycles. The molecule has 0 fully saturated rings. The molecule has 1 nitrogen and oxygen atoms in total. The molecule has 112 valence electrons. The summed E-state index contributed by atoms with van der Waals surface area (Å²) in [7, 11) is 0. The SMILES string of the molecule is CC(C)c1ccc(SC(C)C(N)c2ccc(F)cc2)cc1. The third-order valence-corrected chi connectivity index (χ3v) is 4.84. The zero-order chi connectivity index (χ0) is 15.4. The average Bonchev–Trinajstić information content (AvgIpc) is 2.47. The van der Waals surface area contributed by atoms with Gasteiger partial charge in [0.2, 0.25) is 0 Å². The third-order valence-electron chi connectivity index (χ3n) is 3.63. The second-order valence-corrected chi connectivity index (χ2v) is 7.07. The molecular formula is C18H22FNS. The van der Waals surface area contributed by atoms with E-state index in [-0.39, 0.29) is 17.1 Å². The summed E-state index contributed by atoms with van der Waals surface area (Å²) in [6, 6.07) is 15.0. The van der Waals surface area contributed by atoms with E-state index in [0.717, 1.165) is 5.56 Å². The van der Waals surface area contributed by atoms with Crippen molar-refractivity contribution >= 4 is 11.8 Å². The summed E-state index contributed by atoms with van der Waals surface area (Å²) < 4.78 is 13.0. The van der Waals surface area contributed by atoms with Crippen molar-refractivity contribution in [3.05, 3.63) is 65.5 Å². The molecule has 0 heterocycles. The van der Waals surface area contributed by atoms with Crippen LogP contribution in [-0.4, -0.2) is 5.25 Å². The predicted octanol–water partition coefficient (Wildman–Crippen LogP) is 5.13. The largest absolute Gasteiger partial charge is 0.323 e. The van der Waals surface area contributed by atoms with Crippen LogP contribution in [0.2, 0.25) is 0 Å². The topological polar surface area (TPSA) is 26.0 Å². The zero-order valence-corrected chi connectivity index (χ0v) is 13.5. The fourth-order valence-corrected chi connectivity index (χ4v) is 3.20. The van der Waals surface area contributed by atoms with E-state index >= 15 is 0 Å². The summed E-state index contributed by atoms with van der Waals surface area (Å²) in [6.45, 7) is 6.49. The molecule has 0 bridgehead atoms. The average molecular weight is 303 g/mol. The first-order valence-electron chi connectivity index (χ1n) is 7.25. The van der Waals surface area contributed by atoms with Crippen LogP contribution >= 0.6 is 11.8 Å². The van der Waals surface area contributed by atoms with E-state index in [1.54, 1.807) is 23.9 Å². The molecule has 0 spiro atoms. The van der Waals surface area contributed by atoms with Gasteiger partial charge in [-0.25, -0.2) is 4.39 Å². The van der Waals surface area contributed by atoms with Gasteiger partial charge in [-0.3, -0.25) is 0 Å². The second kappa shape index (κ2) is 7.10. The Morgan fingerprint density at radius 1 is 0.857 bits per heavy atom. The number of benzene rings is 2. The van der Waals surface area contributed by atoms with E-state index in [9.17, 15) is 4.39 Å². The van der Waals surface area contributed by atoms with Crippen molar-refractivity contribution in [2.75, 3.05) is 0 Å². The van der Waals surface area contributed by atoms with Crippen LogP contribution in [0.1, 0.15) is 43.9 Å². The van der Waals surface area contributed by atoms with Gasteiger partial charge in [-0.1, -0.05) is 45.0 Å². The summed E-state index contributed by atoms with van der Waals surface area (Å²) >= 11 is 1.75. The summed E-state index contributed by atoms with van der Waals surface area (Å²) in [4.78, 5) is 1.21. The lowest BCUT2D eigenvalue weighted by molar-refractivity contribution is 0.624. The maximum Gasteiger partial charge on any atom is 0.123 e. The molecule has 2 aromatic rings. The van der Waals surface area contributed by atoms with Crippen LogP contribution in [0.25, 0.3) is 0 Å². The van der Waals surface area contributed by atoms with Crippen LogP contribution in [0.3, 0.4) is 0 Å². The molecule has 0 aliphatic rings. The first-order valence-corrected chi connectivity index (χ1v) is 8.13. The number of rotatable bonds is 5. The van der Waals surface area contributed by atoms with Gasteiger partial charge in [-0.2, -0.15) is 0 Å². The van der Waals surface area contributed by atoms with Crippen LogP contribution < -0.4 is 5.73 Å². The molecule has 2 N–H and O–H groups in total. The molecule has 0 aliphatic carbocycles. The van der Waals surface area contributed by atoms with Crippen LogP contribution in [0.5, 0.6) is 0 Å². The Morgan fingerprint density at radius 2 is 1.38 bits per heavy atom. The van der Waals surface area contributed by atoms with Crippen LogP contribution in [-0.2, 0) is 0 Å². The minimum absolute atomic E-state index is 0.111. The van der Waals surface area contributed by atoms with Gasteiger partial charge < -0.3 is 5.73 Å². The van der Waals surface area contributed by atoms with Crippen molar-refractivity contribution in [2.45, 2.75) is 42.9 Å². The number of nitrogens with two attached hydrogens (primary N) is 1. The standard InChI is InChI=1S/C18H22FNS/c1-12(2)14-6-10-17(11-7-14)21-13(3)18(20)15-4-8-16(19)9-5-15/h4-13,18H,20H2,1-3H3. The van der Waals surface area contributed by atoms with Gasteiger partial charge >= 0.3 is 0 Å². The van der Waals surface area contributed by atoms with E-state index < -0.39 is 0 Å². The van der Waals surface area contributed by atoms with Gasteiger partial charge in [0.05, 0.1) is 0 Å². The Hall–Kier alpha value is -1.32. The maximum atomic E-state index is 13.0. The summed E-state index contributed by atoms with van der Waals surface area (Å²) in [6.07, 6.45) is 0. The fraction of sp³-hybridized carbons (Fsp3) is 0.333. The first-order chi connectivity index (χ1) is 9.97. The van der Waals surface area contributed by atoms with E-state index in [4.69, 9.17) is 5.73 Å². The lowest BCUT2D eigenvalue weighted by Crippen LogP contribution is -2.21. The minimum Gasteiger partial charge on any atom is -0.323 e. The van der Waals surface area contributed by atoms with Crippen molar-refractivity contribution in [1.29, 1.82) is 0 Å². The van der Waals surface area contributed by atoms with Crippen molar-refractivity contribution in [3.63, 3.8) is 0 Å². The molecule has 0 aromatic heterocycles. The highest BCUT2D eigenvalue weighted by Crippen LogP contribution is 2.31. The summed E-state index contributed by atoms with van der Waals surface area (Å²) in [5.41, 5.74) is 8.58. The molecule has 0 saturated heterocycles. The second-order valence-electron chi connectivity index (χ2n) is 5.62. The Labute approximate surface area is 130 Å². The highest BCUT2D eigenvalue weighted by molar-refractivity contribution is 8.00. The van der Waals surface area contributed by atoms with Crippen molar-refractivity contribution < 1.29 is 4.39 Å². The van der Waals surface area contributed by atoms with Crippen molar-refractivity contribution in [2.24, 2.45) is 5.73 Å². The first kappa shape index (κ1) is 16.1. The van der Waals surface area contributed by atoms with E-state index in [2.05, 4.69) is 45.0 Å². The van der Waals surface area contributed by atoms with Crippen LogP contribution in [0.4, 0.5) is 4.39 Å². The van der Waals surface area contributed by atoms with Gasteiger partial charge in [0.25, 0.3) is 0 Å². The fourth-order valence-electron chi connectivity index (χ4n) is 2.18. The summed E-state index contributed by atoms with van der Waals surface area (Å²) in [5, 5.41) is 0.223. The Kier molecular flexibility index (Phi) is 5.43. The zero-order valence-electron chi connectivity index (χ0n) is 12.7. The van der Waals surface area contributed by atoms with Gasteiger partial charge in [-0.05, 0) is 41.3 Å². The molecule has 2 rings (SSSR count). The highest BCUT2D eigenvalue weighted by Gasteiger charge is 2.16. The number of hydrogen-bond acceptors (Lipinski definition) is 2. The molecule has 0 radical (unpaired) electrons. The minimum atomic E-state index is -0.226. The Morgan fingerprint density at radius 3 is 1.90 bits per heavy atom. The Balaban J connectivity index is 2.03. The monoisotopic (exact) mass is 303 g/mol. The summed E-state index contributed by atoms with van der Waals surface area (Å²) in [5.74, 6) is 0.318. The number of thioether (sulfide) groups is 1.